The Morgan fingerprint density at radius 1 is 1.29 bits per heavy atom. The molecule has 1 aromatic heterocycles. The van der Waals surface area contributed by atoms with Crippen molar-refractivity contribution in [2.75, 3.05) is 6.61 Å². The third kappa shape index (κ3) is 3.11. The van der Waals surface area contributed by atoms with Crippen LogP contribution in [0.25, 0.3) is 0 Å². The maximum Gasteiger partial charge on any atom is 0.233 e. The molecule has 1 aliphatic rings. The molecule has 1 aliphatic carbocycles. The normalized spacial score (nSPS) is 16.6. The predicted octanol–water partition coefficient (Wildman–Crippen LogP) is 3.42. The topological polar surface area (TPSA) is 53.7 Å². The van der Waals surface area contributed by atoms with E-state index in [0.29, 0.717) is 13.0 Å². The van der Waals surface area contributed by atoms with Crippen LogP contribution in [-0.2, 0) is 16.8 Å². The Kier molecular flexibility index (Phi) is 4.76. The molecule has 24 heavy (non-hydrogen) atoms. The Labute approximate surface area is 143 Å². The average Bonchev–Trinajstić information content (AvgIpc) is 3.24. The molecule has 1 fully saturated rings. The summed E-state index contributed by atoms with van der Waals surface area (Å²) in [4.78, 5) is 15.2. The first-order chi connectivity index (χ1) is 11.6. The van der Waals surface area contributed by atoms with Crippen LogP contribution in [0.5, 0.6) is 0 Å². The van der Waals surface area contributed by atoms with Gasteiger partial charge in [0.25, 0.3) is 0 Å². The zero-order valence-corrected chi connectivity index (χ0v) is 14.4. The summed E-state index contributed by atoms with van der Waals surface area (Å²) in [6.07, 6.45) is 4.06. The first-order valence-corrected chi connectivity index (χ1v) is 8.62. The van der Waals surface area contributed by atoms with Crippen molar-refractivity contribution in [1.29, 1.82) is 0 Å². The van der Waals surface area contributed by atoms with Crippen LogP contribution in [0.15, 0.2) is 47.1 Å². The summed E-state index contributed by atoms with van der Waals surface area (Å²) in [6, 6.07) is 11.7. The molecular formula is C20H25NO3. The van der Waals surface area contributed by atoms with Gasteiger partial charge in [-0.2, -0.15) is 0 Å². The second-order valence-corrected chi connectivity index (χ2v) is 6.71. The molecule has 2 aromatic rings. The van der Waals surface area contributed by atoms with Gasteiger partial charge >= 0.3 is 0 Å². The molecule has 0 unspecified atom stereocenters. The molecule has 0 saturated heterocycles. The third-order valence-electron chi connectivity index (χ3n) is 5.05. The van der Waals surface area contributed by atoms with E-state index in [2.05, 4.69) is 24.3 Å². The summed E-state index contributed by atoms with van der Waals surface area (Å²) in [7, 11) is 0. The minimum atomic E-state index is -0.428. The van der Waals surface area contributed by atoms with Crippen molar-refractivity contribution >= 4 is 5.91 Å². The van der Waals surface area contributed by atoms with Gasteiger partial charge in [-0.1, -0.05) is 36.8 Å². The van der Waals surface area contributed by atoms with Crippen LogP contribution in [0.3, 0.4) is 0 Å². The van der Waals surface area contributed by atoms with Gasteiger partial charge in [-0.05, 0) is 43.9 Å². The number of hydrogen-bond donors (Lipinski definition) is 1. The van der Waals surface area contributed by atoms with E-state index < -0.39 is 5.41 Å². The molecule has 1 aromatic carbocycles. The quantitative estimate of drug-likeness (QED) is 0.848. The highest BCUT2D eigenvalue weighted by atomic mass is 16.3. The Balaban J connectivity index is 1.88. The van der Waals surface area contributed by atoms with Crippen molar-refractivity contribution in [3.63, 3.8) is 0 Å². The van der Waals surface area contributed by atoms with E-state index in [9.17, 15) is 9.90 Å². The van der Waals surface area contributed by atoms with Crippen LogP contribution in [0.4, 0.5) is 0 Å². The van der Waals surface area contributed by atoms with Gasteiger partial charge in [-0.3, -0.25) is 4.79 Å². The number of carbonyl (C=O) groups excluding carboxylic acids is 1. The number of aliphatic hydroxyl groups is 1. The van der Waals surface area contributed by atoms with Crippen LogP contribution in [0.1, 0.15) is 43.1 Å². The Morgan fingerprint density at radius 2 is 2.00 bits per heavy atom. The molecule has 4 nitrogen and oxygen atoms in total. The van der Waals surface area contributed by atoms with E-state index in [-0.39, 0.29) is 18.6 Å². The lowest BCUT2D eigenvalue weighted by molar-refractivity contribution is -0.138. The van der Waals surface area contributed by atoms with E-state index in [1.165, 1.54) is 5.56 Å². The smallest absolute Gasteiger partial charge is 0.233 e. The summed E-state index contributed by atoms with van der Waals surface area (Å²) < 4.78 is 5.43. The first-order valence-electron chi connectivity index (χ1n) is 8.62. The third-order valence-corrected chi connectivity index (χ3v) is 5.05. The molecule has 4 heteroatoms. The Hall–Kier alpha value is -2.07. The maximum atomic E-state index is 13.4. The second kappa shape index (κ2) is 6.81. The van der Waals surface area contributed by atoms with Crippen LogP contribution in [0, 0.1) is 6.92 Å². The summed E-state index contributed by atoms with van der Waals surface area (Å²) in [5, 5.41) is 9.74. The van der Waals surface area contributed by atoms with Gasteiger partial charge in [-0.15, -0.1) is 0 Å². The Bertz CT molecular complexity index is 667. The number of rotatable bonds is 7. The van der Waals surface area contributed by atoms with Gasteiger partial charge in [-0.25, -0.2) is 0 Å². The molecule has 1 amide bonds. The zero-order valence-electron chi connectivity index (χ0n) is 14.4. The number of furan rings is 1. The fourth-order valence-electron chi connectivity index (χ4n) is 3.28. The molecule has 0 radical (unpaired) electrons. The molecular weight excluding hydrogens is 302 g/mol. The largest absolute Gasteiger partial charge is 0.467 e. The summed E-state index contributed by atoms with van der Waals surface area (Å²) >= 11 is 0. The van der Waals surface area contributed by atoms with E-state index in [4.69, 9.17) is 4.42 Å². The lowest BCUT2D eigenvalue weighted by Gasteiger charge is -2.33. The van der Waals surface area contributed by atoms with E-state index in [1.807, 2.05) is 26.0 Å². The number of nitrogens with zero attached hydrogens (tertiary/aromatic N) is 1. The molecule has 1 saturated carbocycles. The standard InChI is InChI=1S/C20H25NO3/c1-3-17(14-22)21(13-18-5-4-12-24-18)19(23)20(10-11-20)16-8-6-15(2)7-9-16/h4-9,12,17,22H,3,10-11,13-14H2,1-2H3/t17-/m1/s1. The lowest BCUT2D eigenvalue weighted by atomic mass is 9.92. The minimum absolute atomic E-state index is 0.0348. The monoisotopic (exact) mass is 327 g/mol. The highest BCUT2D eigenvalue weighted by Gasteiger charge is 2.53. The van der Waals surface area contributed by atoms with E-state index >= 15 is 0 Å². The SMILES string of the molecule is CC[C@H](CO)N(Cc1ccco1)C(=O)C1(c2ccc(C)cc2)CC1. The summed E-state index contributed by atoms with van der Waals surface area (Å²) in [5.74, 6) is 0.846. The van der Waals surface area contributed by atoms with Crippen LogP contribution >= 0.6 is 0 Å². The van der Waals surface area contributed by atoms with E-state index in [1.54, 1.807) is 11.2 Å². The number of hydrogen-bond acceptors (Lipinski definition) is 3. The van der Waals surface area contributed by atoms with Crippen molar-refractivity contribution in [3.05, 3.63) is 59.5 Å². The van der Waals surface area contributed by atoms with E-state index in [0.717, 1.165) is 24.2 Å². The number of aliphatic hydroxyl groups excluding tert-OH is 1. The molecule has 1 atom stereocenters. The van der Waals surface area contributed by atoms with Gasteiger partial charge < -0.3 is 14.4 Å². The van der Waals surface area contributed by atoms with Gasteiger partial charge in [0.05, 0.1) is 30.9 Å². The second-order valence-electron chi connectivity index (χ2n) is 6.71. The van der Waals surface area contributed by atoms with Gasteiger partial charge in [0.2, 0.25) is 5.91 Å². The van der Waals surface area contributed by atoms with Gasteiger partial charge in [0, 0.05) is 0 Å². The van der Waals surface area contributed by atoms with Crippen molar-refractivity contribution < 1.29 is 14.3 Å². The summed E-state index contributed by atoms with van der Waals surface area (Å²) in [5.41, 5.74) is 1.84. The zero-order chi connectivity index (χ0) is 17.2. The van der Waals surface area contributed by atoms with Gasteiger partial charge in [0.1, 0.15) is 5.76 Å². The first kappa shape index (κ1) is 16.8. The molecule has 0 bridgehead atoms. The van der Waals surface area contributed by atoms with Crippen molar-refractivity contribution in [2.24, 2.45) is 0 Å². The van der Waals surface area contributed by atoms with Crippen molar-refractivity contribution in [2.45, 2.75) is 51.1 Å². The molecule has 128 valence electrons. The fraction of sp³-hybridized carbons (Fsp3) is 0.450. The average molecular weight is 327 g/mol. The molecule has 0 spiro atoms. The van der Waals surface area contributed by atoms with Crippen LogP contribution in [-0.4, -0.2) is 28.6 Å². The van der Waals surface area contributed by atoms with Crippen LogP contribution in [0.2, 0.25) is 0 Å². The number of benzene rings is 1. The van der Waals surface area contributed by atoms with Crippen LogP contribution < -0.4 is 0 Å². The highest BCUT2D eigenvalue weighted by Crippen LogP contribution is 2.50. The number of aryl methyl sites for hydroxylation is 1. The highest BCUT2D eigenvalue weighted by molar-refractivity contribution is 5.91. The fourth-order valence-corrected chi connectivity index (χ4v) is 3.28. The summed E-state index contributed by atoms with van der Waals surface area (Å²) in [6.45, 7) is 4.41. The Morgan fingerprint density at radius 3 is 2.50 bits per heavy atom. The molecule has 0 aliphatic heterocycles. The number of amides is 1. The molecule has 1 N–H and O–H groups in total. The minimum Gasteiger partial charge on any atom is -0.467 e. The predicted molar refractivity (Wildman–Crippen MR) is 92.5 cm³/mol. The number of carbonyl (C=O) groups is 1. The van der Waals surface area contributed by atoms with Crippen molar-refractivity contribution in [3.8, 4) is 0 Å². The maximum absolute atomic E-state index is 13.4. The van der Waals surface area contributed by atoms with Crippen molar-refractivity contribution in [1.82, 2.24) is 4.90 Å². The molecule has 1 heterocycles. The lowest BCUT2D eigenvalue weighted by Crippen LogP contribution is -2.46. The molecule has 3 rings (SSSR count). The van der Waals surface area contributed by atoms with Gasteiger partial charge in [0.15, 0.2) is 0 Å².